The normalized spacial score (nSPS) is 15.2. The lowest BCUT2D eigenvalue weighted by atomic mass is 9.94. The van der Waals surface area contributed by atoms with Crippen LogP contribution in [-0.4, -0.2) is 11.2 Å². The molecular formula is C11H14ClFO. The molecule has 2 unspecified atom stereocenters. The molecule has 0 bridgehead atoms. The zero-order valence-corrected chi connectivity index (χ0v) is 9.05. The van der Waals surface area contributed by atoms with Gasteiger partial charge in [0.15, 0.2) is 0 Å². The Morgan fingerprint density at radius 1 is 1.50 bits per heavy atom. The maximum absolute atomic E-state index is 12.7. The Bertz CT molecular complexity index is 314. The van der Waals surface area contributed by atoms with Crippen molar-refractivity contribution in [1.29, 1.82) is 0 Å². The summed E-state index contributed by atoms with van der Waals surface area (Å²) in [5, 5.41) is 10.0. The van der Waals surface area contributed by atoms with Crippen molar-refractivity contribution in [1.82, 2.24) is 0 Å². The third-order valence-corrected chi connectivity index (χ3v) is 2.78. The van der Waals surface area contributed by atoms with Crippen molar-refractivity contribution in [2.75, 3.05) is 0 Å². The molecule has 0 aromatic heterocycles. The number of aliphatic hydroxyl groups excluding tert-OH is 1. The van der Waals surface area contributed by atoms with Gasteiger partial charge in [-0.25, -0.2) is 4.39 Å². The second-order valence-electron chi connectivity index (χ2n) is 3.43. The van der Waals surface area contributed by atoms with Crippen molar-refractivity contribution in [2.45, 2.75) is 32.3 Å². The van der Waals surface area contributed by atoms with E-state index in [0.29, 0.717) is 11.4 Å². The summed E-state index contributed by atoms with van der Waals surface area (Å²) in [5.41, 5.74) is 0.794. The highest BCUT2D eigenvalue weighted by molar-refractivity contribution is 6.31. The van der Waals surface area contributed by atoms with Crippen molar-refractivity contribution in [3.63, 3.8) is 0 Å². The largest absolute Gasteiger partial charge is 0.393 e. The summed E-state index contributed by atoms with van der Waals surface area (Å²) in [7, 11) is 0. The maximum Gasteiger partial charge on any atom is 0.124 e. The molecule has 0 spiro atoms. The highest BCUT2D eigenvalue weighted by atomic mass is 35.5. The summed E-state index contributed by atoms with van der Waals surface area (Å²) < 4.78 is 12.7. The van der Waals surface area contributed by atoms with E-state index in [1.165, 1.54) is 12.1 Å². The molecular weight excluding hydrogens is 203 g/mol. The Kier molecular flexibility index (Phi) is 3.90. The fourth-order valence-corrected chi connectivity index (χ4v) is 1.77. The van der Waals surface area contributed by atoms with Crippen LogP contribution in [0, 0.1) is 5.82 Å². The number of benzene rings is 1. The van der Waals surface area contributed by atoms with Crippen LogP contribution in [0.4, 0.5) is 4.39 Å². The molecule has 0 aliphatic rings. The molecule has 0 amide bonds. The van der Waals surface area contributed by atoms with Gasteiger partial charge in [0, 0.05) is 10.9 Å². The molecule has 1 aromatic rings. The van der Waals surface area contributed by atoms with Crippen LogP contribution in [0.2, 0.25) is 5.02 Å². The molecule has 0 fully saturated rings. The van der Waals surface area contributed by atoms with Crippen LogP contribution in [0.15, 0.2) is 18.2 Å². The number of rotatable bonds is 3. The third kappa shape index (κ3) is 2.46. The van der Waals surface area contributed by atoms with Crippen LogP contribution in [0.3, 0.4) is 0 Å². The summed E-state index contributed by atoms with van der Waals surface area (Å²) >= 11 is 5.87. The van der Waals surface area contributed by atoms with Gasteiger partial charge < -0.3 is 5.11 Å². The average molecular weight is 217 g/mol. The molecule has 0 saturated heterocycles. The van der Waals surface area contributed by atoms with Gasteiger partial charge in [-0.05, 0) is 24.1 Å². The monoisotopic (exact) mass is 216 g/mol. The molecule has 0 aliphatic carbocycles. The fourth-order valence-electron chi connectivity index (χ4n) is 1.43. The molecule has 1 nitrogen and oxygen atoms in total. The first-order chi connectivity index (χ1) is 6.56. The van der Waals surface area contributed by atoms with Gasteiger partial charge in [0.2, 0.25) is 0 Å². The molecule has 14 heavy (non-hydrogen) atoms. The van der Waals surface area contributed by atoms with Crippen molar-refractivity contribution in [2.24, 2.45) is 0 Å². The minimum atomic E-state index is -0.432. The van der Waals surface area contributed by atoms with Gasteiger partial charge >= 0.3 is 0 Å². The van der Waals surface area contributed by atoms with Gasteiger partial charge in [-0.15, -0.1) is 0 Å². The van der Waals surface area contributed by atoms with Crippen LogP contribution in [0.25, 0.3) is 0 Å². The summed E-state index contributed by atoms with van der Waals surface area (Å²) in [4.78, 5) is 0. The SMILES string of the molecule is CCC(O)C(C)c1ccc(F)cc1Cl. The summed E-state index contributed by atoms with van der Waals surface area (Å²) in [6, 6.07) is 4.26. The minimum absolute atomic E-state index is 0.0619. The summed E-state index contributed by atoms with van der Waals surface area (Å²) in [6.07, 6.45) is 0.229. The molecule has 78 valence electrons. The van der Waals surface area contributed by atoms with E-state index in [9.17, 15) is 9.50 Å². The van der Waals surface area contributed by atoms with Gasteiger partial charge in [0.1, 0.15) is 5.82 Å². The van der Waals surface area contributed by atoms with E-state index in [-0.39, 0.29) is 11.7 Å². The zero-order valence-electron chi connectivity index (χ0n) is 8.30. The average Bonchev–Trinajstić information content (AvgIpc) is 2.15. The lowest BCUT2D eigenvalue weighted by Gasteiger charge is -2.18. The first-order valence-corrected chi connectivity index (χ1v) is 5.07. The van der Waals surface area contributed by atoms with E-state index in [4.69, 9.17) is 11.6 Å². The zero-order chi connectivity index (χ0) is 10.7. The first kappa shape index (κ1) is 11.5. The highest BCUT2D eigenvalue weighted by Gasteiger charge is 2.17. The summed E-state index contributed by atoms with van der Waals surface area (Å²) in [5.74, 6) is -0.412. The van der Waals surface area contributed by atoms with Crippen molar-refractivity contribution >= 4 is 11.6 Å². The van der Waals surface area contributed by atoms with E-state index in [2.05, 4.69) is 0 Å². The molecule has 0 radical (unpaired) electrons. The van der Waals surface area contributed by atoms with Crippen LogP contribution in [0.5, 0.6) is 0 Å². The Labute approximate surface area is 88.5 Å². The van der Waals surface area contributed by atoms with E-state index in [1.54, 1.807) is 6.07 Å². The Morgan fingerprint density at radius 3 is 2.64 bits per heavy atom. The van der Waals surface area contributed by atoms with Crippen LogP contribution in [0.1, 0.15) is 31.7 Å². The predicted molar refractivity (Wildman–Crippen MR) is 56.1 cm³/mol. The van der Waals surface area contributed by atoms with Gasteiger partial charge in [-0.2, -0.15) is 0 Å². The summed E-state index contributed by atoms with van der Waals surface area (Å²) in [6.45, 7) is 3.78. The van der Waals surface area contributed by atoms with Gasteiger partial charge in [-0.1, -0.05) is 31.5 Å². The fraction of sp³-hybridized carbons (Fsp3) is 0.455. The van der Waals surface area contributed by atoms with Gasteiger partial charge in [-0.3, -0.25) is 0 Å². The minimum Gasteiger partial charge on any atom is -0.393 e. The number of halogens is 2. The standard InChI is InChI=1S/C11H14ClFO/c1-3-11(14)7(2)9-5-4-8(13)6-10(9)12/h4-7,11,14H,3H2,1-2H3. The molecule has 0 saturated carbocycles. The van der Waals surface area contributed by atoms with Crippen LogP contribution < -0.4 is 0 Å². The quantitative estimate of drug-likeness (QED) is 0.822. The number of hydrogen-bond acceptors (Lipinski definition) is 1. The molecule has 3 heteroatoms. The van der Waals surface area contributed by atoms with Gasteiger partial charge in [0.05, 0.1) is 6.10 Å². The number of aliphatic hydroxyl groups is 1. The number of hydrogen-bond donors (Lipinski definition) is 1. The van der Waals surface area contributed by atoms with Crippen molar-refractivity contribution < 1.29 is 9.50 Å². The van der Waals surface area contributed by atoms with Gasteiger partial charge in [0.25, 0.3) is 0 Å². The Morgan fingerprint density at radius 2 is 2.14 bits per heavy atom. The lowest BCUT2D eigenvalue weighted by Crippen LogP contribution is -2.14. The van der Waals surface area contributed by atoms with Crippen LogP contribution >= 0.6 is 11.6 Å². The first-order valence-electron chi connectivity index (χ1n) is 4.69. The third-order valence-electron chi connectivity index (χ3n) is 2.45. The molecule has 0 heterocycles. The second kappa shape index (κ2) is 4.76. The Hall–Kier alpha value is -0.600. The second-order valence-corrected chi connectivity index (χ2v) is 3.84. The van der Waals surface area contributed by atoms with E-state index in [1.807, 2.05) is 13.8 Å². The molecule has 0 aliphatic heterocycles. The smallest absolute Gasteiger partial charge is 0.124 e. The van der Waals surface area contributed by atoms with E-state index in [0.717, 1.165) is 5.56 Å². The van der Waals surface area contributed by atoms with E-state index < -0.39 is 6.10 Å². The van der Waals surface area contributed by atoms with Crippen molar-refractivity contribution in [3.8, 4) is 0 Å². The molecule has 1 N–H and O–H groups in total. The topological polar surface area (TPSA) is 20.2 Å². The molecule has 2 atom stereocenters. The Balaban J connectivity index is 2.95. The molecule has 1 aromatic carbocycles. The van der Waals surface area contributed by atoms with Crippen molar-refractivity contribution in [3.05, 3.63) is 34.6 Å². The lowest BCUT2D eigenvalue weighted by molar-refractivity contribution is 0.145. The molecule has 1 rings (SSSR count). The van der Waals surface area contributed by atoms with Crippen LogP contribution in [-0.2, 0) is 0 Å². The predicted octanol–water partition coefficient (Wildman–Crippen LogP) is 3.35. The maximum atomic E-state index is 12.7. The van der Waals surface area contributed by atoms with E-state index >= 15 is 0 Å². The highest BCUT2D eigenvalue weighted by Crippen LogP contribution is 2.28.